The molecule has 2 rings (SSSR count). The van der Waals surface area contributed by atoms with Gasteiger partial charge in [-0.2, -0.15) is 0 Å². The third kappa shape index (κ3) is 8.57. The normalized spacial score (nSPS) is 8.81. The number of esters is 1. The van der Waals surface area contributed by atoms with Gasteiger partial charge < -0.3 is 9.30 Å². The van der Waals surface area contributed by atoms with E-state index in [4.69, 9.17) is 0 Å². The molecule has 0 aliphatic heterocycles. The fourth-order valence-corrected chi connectivity index (χ4v) is 1.37. The lowest BCUT2D eigenvalue weighted by molar-refractivity contribution is -0.140. The van der Waals surface area contributed by atoms with Crippen molar-refractivity contribution in [3.8, 4) is 0 Å². The van der Waals surface area contributed by atoms with Gasteiger partial charge in [-0.1, -0.05) is 32.9 Å². The SMILES string of the molecule is CC.CCC(=O)OC.Fc1cccc(Cn2ccnc2)c1. The van der Waals surface area contributed by atoms with Crippen molar-refractivity contribution in [3.63, 3.8) is 0 Å². The van der Waals surface area contributed by atoms with Crippen LogP contribution < -0.4 is 0 Å². The van der Waals surface area contributed by atoms with Crippen molar-refractivity contribution in [1.29, 1.82) is 0 Å². The number of imidazole rings is 1. The molecule has 21 heavy (non-hydrogen) atoms. The lowest BCUT2D eigenvalue weighted by Crippen LogP contribution is -1.96. The second-order valence-electron chi connectivity index (χ2n) is 3.79. The lowest BCUT2D eigenvalue weighted by Gasteiger charge is -2.01. The van der Waals surface area contributed by atoms with E-state index in [1.165, 1.54) is 19.2 Å². The van der Waals surface area contributed by atoms with Crippen molar-refractivity contribution in [2.45, 2.75) is 33.7 Å². The molecule has 1 heterocycles. The van der Waals surface area contributed by atoms with Gasteiger partial charge in [0.15, 0.2) is 0 Å². The Morgan fingerprint density at radius 2 is 2.10 bits per heavy atom. The van der Waals surface area contributed by atoms with Crippen molar-refractivity contribution in [2.75, 3.05) is 7.11 Å². The van der Waals surface area contributed by atoms with E-state index in [1.54, 1.807) is 25.5 Å². The van der Waals surface area contributed by atoms with Crippen LogP contribution in [0.1, 0.15) is 32.8 Å². The van der Waals surface area contributed by atoms with Crippen molar-refractivity contribution in [1.82, 2.24) is 9.55 Å². The van der Waals surface area contributed by atoms with Gasteiger partial charge in [0.05, 0.1) is 13.4 Å². The first-order valence-electron chi connectivity index (χ1n) is 6.92. The van der Waals surface area contributed by atoms with Crippen molar-refractivity contribution in [3.05, 3.63) is 54.4 Å². The summed E-state index contributed by atoms with van der Waals surface area (Å²) in [7, 11) is 1.38. The molecule has 4 nitrogen and oxygen atoms in total. The molecule has 0 spiro atoms. The van der Waals surface area contributed by atoms with E-state index in [2.05, 4.69) is 9.72 Å². The van der Waals surface area contributed by atoms with E-state index < -0.39 is 0 Å². The highest BCUT2D eigenvalue weighted by Gasteiger charge is 1.95. The van der Waals surface area contributed by atoms with Crippen molar-refractivity contribution in [2.24, 2.45) is 0 Å². The Morgan fingerprint density at radius 1 is 1.38 bits per heavy atom. The summed E-state index contributed by atoms with van der Waals surface area (Å²) in [5.41, 5.74) is 0.943. The first-order chi connectivity index (χ1) is 10.2. The Balaban J connectivity index is 0.000000427. The van der Waals surface area contributed by atoms with Crippen LogP contribution in [0.4, 0.5) is 4.39 Å². The van der Waals surface area contributed by atoms with Crippen LogP contribution in [0.2, 0.25) is 0 Å². The highest BCUT2D eigenvalue weighted by atomic mass is 19.1. The van der Waals surface area contributed by atoms with E-state index in [0.717, 1.165) is 5.56 Å². The van der Waals surface area contributed by atoms with Crippen LogP contribution in [0.25, 0.3) is 0 Å². The molecule has 0 bridgehead atoms. The van der Waals surface area contributed by atoms with Crippen LogP contribution in [0, 0.1) is 5.82 Å². The largest absolute Gasteiger partial charge is 0.469 e. The van der Waals surface area contributed by atoms with Gasteiger partial charge in [0.25, 0.3) is 0 Å². The summed E-state index contributed by atoms with van der Waals surface area (Å²) in [6.07, 6.45) is 5.74. The Labute approximate surface area is 125 Å². The molecule has 0 saturated heterocycles. The molecule has 0 amide bonds. The summed E-state index contributed by atoms with van der Waals surface area (Å²) in [4.78, 5) is 13.9. The third-order valence-corrected chi connectivity index (χ3v) is 2.33. The zero-order chi connectivity index (χ0) is 16.1. The van der Waals surface area contributed by atoms with Gasteiger partial charge in [-0.05, 0) is 17.7 Å². The summed E-state index contributed by atoms with van der Waals surface area (Å²) < 4.78 is 18.9. The third-order valence-electron chi connectivity index (χ3n) is 2.33. The second-order valence-corrected chi connectivity index (χ2v) is 3.79. The molecular formula is C16H23FN2O2. The maximum absolute atomic E-state index is 12.8. The minimum absolute atomic E-state index is 0.157. The minimum atomic E-state index is -0.197. The topological polar surface area (TPSA) is 44.1 Å². The molecule has 116 valence electrons. The molecule has 1 aromatic carbocycles. The maximum Gasteiger partial charge on any atom is 0.305 e. The Bertz CT molecular complexity index is 493. The van der Waals surface area contributed by atoms with E-state index in [-0.39, 0.29) is 11.8 Å². The Hall–Kier alpha value is -2.17. The van der Waals surface area contributed by atoms with Crippen LogP contribution in [0.5, 0.6) is 0 Å². The average molecular weight is 294 g/mol. The van der Waals surface area contributed by atoms with E-state index in [9.17, 15) is 9.18 Å². The molecule has 0 saturated carbocycles. The minimum Gasteiger partial charge on any atom is -0.469 e. The molecule has 0 radical (unpaired) electrons. The molecule has 0 atom stereocenters. The first kappa shape index (κ1) is 18.8. The van der Waals surface area contributed by atoms with Crippen LogP contribution in [-0.2, 0) is 16.1 Å². The van der Waals surface area contributed by atoms with Gasteiger partial charge in [-0.25, -0.2) is 9.37 Å². The quantitative estimate of drug-likeness (QED) is 0.811. The fourth-order valence-electron chi connectivity index (χ4n) is 1.37. The Kier molecular flexibility index (Phi) is 10.4. The summed E-state index contributed by atoms with van der Waals surface area (Å²) >= 11 is 0. The number of carbonyl (C=O) groups excluding carboxylic acids is 1. The van der Waals surface area contributed by atoms with Crippen LogP contribution in [0.15, 0.2) is 43.0 Å². The predicted molar refractivity (Wildman–Crippen MR) is 81.4 cm³/mol. The average Bonchev–Trinajstić information content (AvgIpc) is 3.02. The van der Waals surface area contributed by atoms with Gasteiger partial charge in [0.2, 0.25) is 0 Å². The smallest absolute Gasteiger partial charge is 0.305 e. The van der Waals surface area contributed by atoms with Crippen LogP contribution >= 0.6 is 0 Å². The zero-order valence-electron chi connectivity index (χ0n) is 13.0. The van der Waals surface area contributed by atoms with Crippen LogP contribution in [0.3, 0.4) is 0 Å². The highest BCUT2D eigenvalue weighted by Crippen LogP contribution is 2.05. The van der Waals surface area contributed by atoms with Gasteiger partial charge in [-0.15, -0.1) is 0 Å². The molecule has 0 unspecified atom stereocenters. The first-order valence-corrected chi connectivity index (χ1v) is 6.92. The summed E-state index contributed by atoms with van der Waals surface area (Å²) in [5.74, 6) is -0.354. The molecular weight excluding hydrogens is 271 g/mol. The highest BCUT2D eigenvalue weighted by molar-refractivity contribution is 5.68. The second kappa shape index (κ2) is 11.6. The van der Waals surface area contributed by atoms with Crippen molar-refractivity contribution >= 4 is 5.97 Å². The number of rotatable bonds is 3. The number of halogens is 1. The molecule has 0 N–H and O–H groups in total. The molecule has 5 heteroatoms. The van der Waals surface area contributed by atoms with Gasteiger partial charge in [-0.3, -0.25) is 4.79 Å². The number of aromatic nitrogens is 2. The van der Waals surface area contributed by atoms with E-state index >= 15 is 0 Å². The van der Waals surface area contributed by atoms with Gasteiger partial charge in [0, 0.05) is 25.4 Å². The van der Waals surface area contributed by atoms with Gasteiger partial charge in [0.1, 0.15) is 5.82 Å². The molecule has 1 aromatic heterocycles. The van der Waals surface area contributed by atoms with Crippen molar-refractivity contribution < 1.29 is 13.9 Å². The molecule has 2 aromatic rings. The van der Waals surface area contributed by atoms with Gasteiger partial charge >= 0.3 is 5.97 Å². The predicted octanol–water partition coefficient (Wildman–Crippen LogP) is 3.67. The lowest BCUT2D eigenvalue weighted by atomic mass is 10.2. The van der Waals surface area contributed by atoms with E-state index in [0.29, 0.717) is 13.0 Å². The number of methoxy groups -OCH3 is 1. The zero-order valence-corrected chi connectivity index (χ0v) is 13.0. The summed E-state index contributed by atoms with van der Waals surface area (Å²) in [6, 6.07) is 6.57. The fraction of sp³-hybridized carbons (Fsp3) is 0.375. The number of hydrogen-bond acceptors (Lipinski definition) is 3. The Morgan fingerprint density at radius 3 is 2.52 bits per heavy atom. The standard InChI is InChI=1S/C10H9FN2.C4H8O2.C2H6/c11-10-3-1-2-9(6-10)7-13-5-4-12-8-13;1-3-4(5)6-2;1-2/h1-6,8H,7H2;3H2,1-2H3;1-2H3. The summed E-state index contributed by atoms with van der Waals surface area (Å²) in [5, 5.41) is 0. The molecule has 0 aliphatic rings. The number of hydrogen-bond donors (Lipinski definition) is 0. The molecule has 0 fully saturated rings. The van der Waals surface area contributed by atoms with E-state index in [1.807, 2.05) is 30.7 Å². The monoisotopic (exact) mass is 294 g/mol. The number of carbonyl (C=O) groups is 1. The summed E-state index contributed by atoms with van der Waals surface area (Å²) in [6.45, 7) is 6.42. The van der Waals surface area contributed by atoms with Crippen LogP contribution in [-0.4, -0.2) is 22.6 Å². The number of benzene rings is 1. The maximum atomic E-state index is 12.8. The number of nitrogens with zero attached hydrogens (tertiary/aromatic N) is 2. The molecule has 0 aliphatic carbocycles. The number of ether oxygens (including phenoxy) is 1.